The van der Waals surface area contributed by atoms with Crippen LogP contribution in [-0.2, 0) is 11.2 Å². The Bertz CT molecular complexity index is 256. The summed E-state index contributed by atoms with van der Waals surface area (Å²) in [4.78, 5) is 3.76. The van der Waals surface area contributed by atoms with Gasteiger partial charge in [0.15, 0.2) is 0 Å². The Morgan fingerprint density at radius 3 is 2.85 bits per heavy atom. The third-order valence-corrected chi connectivity index (χ3v) is 1.40. The molecule has 0 aromatic carbocycles. The van der Waals surface area contributed by atoms with Crippen molar-refractivity contribution >= 4 is 11.6 Å². The SMILES string of the molecule is FC(F)COCCc1nc(Cl)n[nH]1. The van der Waals surface area contributed by atoms with E-state index in [0.717, 1.165) is 0 Å². The van der Waals surface area contributed by atoms with E-state index >= 15 is 0 Å². The first kappa shape index (κ1) is 10.3. The van der Waals surface area contributed by atoms with Crippen molar-refractivity contribution in [3.05, 3.63) is 11.1 Å². The Balaban J connectivity index is 2.13. The molecule has 0 aliphatic heterocycles. The number of rotatable bonds is 5. The molecule has 4 nitrogen and oxygen atoms in total. The lowest BCUT2D eigenvalue weighted by molar-refractivity contribution is 0.0183. The molecule has 1 aromatic heterocycles. The summed E-state index contributed by atoms with van der Waals surface area (Å²) in [6.07, 6.45) is -2.04. The molecule has 0 radical (unpaired) electrons. The average molecular weight is 212 g/mol. The van der Waals surface area contributed by atoms with Gasteiger partial charge in [-0.2, -0.15) is 0 Å². The van der Waals surface area contributed by atoms with Crippen molar-refractivity contribution in [2.24, 2.45) is 0 Å². The molecular formula is C6H8ClF2N3O. The van der Waals surface area contributed by atoms with Gasteiger partial charge in [0.05, 0.1) is 6.61 Å². The maximum Gasteiger partial charge on any atom is 0.261 e. The van der Waals surface area contributed by atoms with Crippen LogP contribution >= 0.6 is 11.6 Å². The molecule has 0 aliphatic carbocycles. The fourth-order valence-electron chi connectivity index (χ4n) is 0.725. The predicted octanol–water partition coefficient (Wildman–Crippen LogP) is 1.28. The second-order valence-corrected chi connectivity index (χ2v) is 2.61. The van der Waals surface area contributed by atoms with E-state index in [2.05, 4.69) is 19.9 Å². The number of aromatic nitrogens is 3. The summed E-state index contributed by atoms with van der Waals surface area (Å²) in [7, 11) is 0. The fraction of sp³-hybridized carbons (Fsp3) is 0.667. The number of halogens is 3. The maximum absolute atomic E-state index is 11.6. The molecule has 0 aliphatic rings. The molecule has 1 N–H and O–H groups in total. The highest BCUT2D eigenvalue weighted by Gasteiger charge is 2.03. The second kappa shape index (κ2) is 5.08. The summed E-state index contributed by atoms with van der Waals surface area (Å²) in [5.74, 6) is 0.527. The van der Waals surface area contributed by atoms with Gasteiger partial charge in [-0.05, 0) is 11.6 Å². The highest BCUT2D eigenvalue weighted by molar-refractivity contribution is 6.28. The summed E-state index contributed by atoms with van der Waals surface area (Å²) in [6, 6.07) is 0. The van der Waals surface area contributed by atoms with Crippen LogP contribution in [0.5, 0.6) is 0 Å². The van der Waals surface area contributed by atoms with Crippen LogP contribution < -0.4 is 0 Å². The van der Waals surface area contributed by atoms with Gasteiger partial charge in [-0.3, -0.25) is 5.10 Å². The van der Waals surface area contributed by atoms with Gasteiger partial charge in [0.2, 0.25) is 5.28 Å². The summed E-state index contributed by atoms with van der Waals surface area (Å²) < 4.78 is 27.8. The molecule has 1 heterocycles. The number of aromatic amines is 1. The van der Waals surface area contributed by atoms with E-state index in [1.165, 1.54) is 0 Å². The number of nitrogens with zero attached hydrogens (tertiary/aromatic N) is 2. The minimum absolute atomic E-state index is 0.115. The van der Waals surface area contributed by atoms with Crippen LogP contribution in [0.25, 0.3) is 0 Å². The van der Waals surface area contributed by atoms with Crippen molar-refractivity contribution in [1.29, 1.82) is 0 Å². The summed E-state index contributed by atoms with van der Waals surface area (Å²) in [6.45, 7) is -0.377. The zero-order valence-electron chi connectivity index (χ0n) is 6.64. The van der Waals surface area contributed by atoms with E-state index < -0.39 is 13.0 Å². The first-order chi connectivity index (χ1) is 6.18. The van der Waals surface area contributed by atoms with E-state index in [1.807, 2.05) is 0 Å². The lowest BCUT2D eigenvalue weighted by atomic mass is 10.4. The number of nitrogens with one attached hydrogen (secondary N) is 1. The van der Waals surface area contributed by atoms with Crippen LogP contribution in [0.3, 0.4) is 0 Å². The molecule has 7 heteroatoms. The molecular weight excluding hydrogens is 204 g/mol. The predicted molar refractivity (Wildman–Crippen MR) is 41.9 cm³/mol. The molecule has 1 aromatic rings. The molecule has 0 bridgehead atoms. The van der Waals surface area contributed by atoms with Crippen LogP contribution in [0, 0.1) is 0 Å². The number of H-pyrrole nitrogens is 1. The summed E-state index contributed by atoms with van der Waals surface area (Å²) in [5, 5.41) is 6.20. The van der Waals surface area contributed by atoms with Crippen molar-refractivity contribution in [2.45, 2.75) is 12.8 Å². The average Bonchev–Trinajstić information content (AvgIpc) is 2.45. The maximum atomic E-state index is 11.6. The quantitative estimate of drug-likeness (QED) is 0.747. The van der Waals surface area contributed by atoms with E-state index in [1.54, 1.807) is 0 Å². The zero-order valence-corrected chi connectivity index (χ0v) is 7.39. The molecule has 0 unspecified atom stereocenters. The van der Waals surface area contributed by atoms with Gasteiger partial charge < -0.3 is 4.74 Å². The van der Waals surface area contributed by atoms with Crippen LogP contribution in [0.2, 0.25) is 5.28 Å². The first-order valence-electron chi connectivity index (χ1n) is 3.61. The normalized spacial score (nSPS) is 11.1. The zero-order chi connectivity index (χ0) is 9.68. The second-order valence-electron chi connectivity index (χ2n) is 2.27. The van der Waals surface area contributed by atoms with E-state index in [0.29, 0.717) is 12.2 Å². The van der Waals surface area contributed by atoms with Crippen molar-refractivity contribution in [3.8, 4) is 0 Å². The van der Waals surface area contributed by atoms with Crippen LogP contribution in [0.1, 0.15) is 5.82 Å². The van der Waals surface area contributed by atoms with Crippen LogP contribution in [0.4, 0.5) is 8.78 Å². The first-order valence-corrected chi connectivity index (χ1v) is 3.99. The molecule has 13 heavy (non-hydrogen) atoms. The monoisotopic (exact) mass is 211 g/mol. The van der Waals surface area contributed by atoms with Crippen LogP contribution in [0.15, 0.2) is 0 Å². The molecule has 0 atom stereocenters. The Morgan fingerprint density at radius 1 is 1.54 bits per heavy atom. The van der Waals surface area contributed by atoms with Gasteiger partial charge in [0.25, 0.3) is 6.43 Å². The van der Waals surface area contributed by atoms with Crippen molar-refractivity contribution in [3.63, 3.8) is 0 Å². The Kier molecular flexibility index (Phi) is 4.04. The summed E-state index contributed by atoms with van der Waals surface area (Å²) >= 11 is 5.41. The van der Waals surface area contributed by atoms with Gasteiger partial charge in [0.1, 0.15) is 12.4 Å². The molecule has 0 spiro atoms. The minimum Gasteiger partial charge on any atom is -0.375 e. The number of hydrogen-bond donors (Lipinski definition) is 1. The van der Waals surface area contributed by atoms with E-state index in [-0.39, 0.29) is 11.9 Å². The topological polar surface area (TPSA) is 50.8 Å². The smallest absolute Gasteiger partial charge is 0.261 e. The highest BCUT2D eigenvalue weighted by Crippen LogP contribution is 2.00. The standard InChI is InChI=1S/C6H8ClF2N3O/c7-6-10-5(11-12-6)1-2-13-3-4(8)9/h4H,1-3H2,(H,10,11,12). The number of hydrogen-bond acceptors (Lipinski definition) is 3. The van der Waals surface area contributed by atoms with E-state index in [9.17, 15) is 8.78 Å². The number of alkyl halides is 2. The van der Waals surface area contributed by atoms with Crippen molar-refractivity contribution in [2.75, 3.05) is 13.2 Å². The third kappa shape index (κ3) is 4.14. The molecule has 1 rings (SSSR count). The Labute approximate surface area is 78.3 Å². The van der Waals surface area contributed by atoms with Gasteiger partial charge in [-0.15, -0.1) is 5.10 Å². The summed E-state index contributed by atoms with van der Waals surface area (Å²) in [5.41, 5.74) is 0. The molecule has 74 valence electrons. The Hall–Kier alpha value is -0.750. The fourth-order valence-corrected chi connectivity index (χ4v) is 0.869. The third-order valence-electron chi connectivity index (χ3n) is 1.23. The lowest BCUT2D eigenvalue weighted by Gasteiger charge is -2.00. The number of ether oxygens (including phenoxy) is 1. The largest absolute Gasteiger partial charge is 0.375 e. The van der Waals surface area contributed by atoms with Gasteiger partial charge in [-0.25, -0.2) is 13.8 Å². The van der Waals surface area contributed by atoms with Crippen molar-refractivity contribution in [1.82, 2.24) is 15.2 Å². The molecule has 0 amide bonds. The van der Waals surface area contributed by atoms with Gasteiger partial charge in [-0.1, -0.05) is 0 Å². The molecule has 0 saturated heterocycles. The lowest BCUT2D eigenvalue weighted by Crippen LogP contribution is -2.07. The Morgan fingerprint density at radius 2 is 2.31 bits per heavy atom. The molecule has 0 fully saturated rings. The minimum atomic E-state index is -2.43. The van der Waals surface area contributed by atoms with Gasteiger partial charge in [0, 0.05) is 6.42 Å². The van der Waals surface area contributed by atoms with Crippen molar-refractivity contribution < 1.29 is 13.5 Å². The van der Waals surface area contributed by atoms with E-state index in [4.69, 9.17) is 11.6 Å². The van der Waals surface area contributed by atoms with Crippen LogP contribution in [-0.4, -0.2) is 34.8 Å². The molecule has 0 saturated carbocycles. The van der Waals surface area contributed by atoms with Gasteiger partial charge >= 0.3 is 0 Å². The highest BCUT2D eigenvalue weighted by atomic mass is 35.5.